The van der Waals surface area contributed by atoms with E-state index in [1.807, 2.05) is 13.8 Å². The molecule has 0 atom stereocenters. The second-order valence-electron chi connectivity index (χ2n) is 21.6. The van der Waals surface area contributed by atoms with Gasteiger partial charge in [-0.3, -0.25) is 0 Å². The fourth-order valence-electron chi connectivity index (χ4n) is 9.08. The van der Waals surface area contributed by atoms with Crippen molar-refractivity contribution < 1.29 is 23.4 Å². The Morgan fingerprint density at radius 2 is 1.13 bits per heavy atom. The van der Waals surface area contributed by atoms with Crippen LogP contribution in [0.15, 0.2) is 78.9 Å². The van der Waals surface area contributed by atoms with Gasteiger partial charge in [0.25, 0.3) is 0 Å². The van der Waals surface area contributed by atoms with Gasteiger partial charge in [-0.2, -0.15) is 0 Å². The van der Waals surface area contributed by atoms with Crippen LogP contribution in [-0.4, -0.2) is 30.2 Å². The number of phenols is 1. The average Bonchev–Trinajstić information content (AvgIpc) is 3.47. The number of aromatic nitrogens is 1. The SMILES string of the molecule is CC[Si](CC)(COc1ccc(F)cc1C)COc1c(C)cc(F)cc1-c1cc(C(C)(C)CC(C)(C)C)cc(-n2c3cc(C(C)(C)C)ccc3c3ccc(C(C)(C)C)cc32)c1O. The van der Waals surface area contributed by atoms with E-state index < -0.39 is 13.9 Å². The van der Waals surface area contributed by atoms with Gasteiger partial charge in [-0.15, -0.1) is 0 Å². The largest absolute Gasteiger partial charge is 0.505 e. The Labute approximate surface area is 365 Å². The molecule has 0 spiro atoms. The predicted octanol–water partition coefficient (Wildman–Crippen LogP) is 15.4. The molecular weight excluding hydrogens is 777 g/mol. The topological polar surface area (TPSA) is 43.6 Å². The molecule has 0 aliphatic heterocycles. The minimum atomic E-state index is -2.24. The van der Waals surface area contributed by atoms with Crippen LogP contribution in [0, 0.1) is 30.9 Å². The number of nitrogens with zero attached hydrogens (tertiary/aromatic N) is 1. The van der Waals surface area contributed by atoms with Gasteiger partial charge in [0.1, 0.15) is 37.0 Å². The quantitative estimate of drug-likeness (QED) is 0.125. The Bertz CT molecular complexity index is 2510. The number of ether oxygens (including phenoxy) is 2. The lowest BCUT2D eigenvalue weighted by Gasteiger charge is -2.34. The van der Waals surface area contributed by atoms with E-state index in [0.717, 1.165) is 51.4 Å². The van der Waals surface area contributed by atoms with E-state index >= 15 is 4.39 Å². The summed E-state index contributed by atoms with van der Waals surface area (Å²) in [6, 6.07) is 27.1. The summed E-state index contributed by atoms with van der Waals surface area (Å²) in [5.74, 6) is 0.599. The summed E-state index contributed by atoms with van der Waals surface area (Å²) in [4.78, 5) is 0. The van der Waals surface area contributed by atoms with Crippen LogP contribution in [0.5, 0.6) is 17.2 Å². The summed E-state index contributed by atoms with van der Waals surface area (Å²) >= 11 is 0. The fourth-order valence-corrected chi connectivity index (χ4v) is 11.4. The fraction of sp³-hybridized carbons (Fsp3) is 0.444. The molecular formula is C54H69F2NO3Si. The van der Waals surface area contributed by atoms with Crippen LogP contribution in [-0.2, 0) is 16.2 Å². The summed E-state index contributed by atoms with van der Waals surface area (Å²) < 4.78 is 45.4. The summed E-state index contributed by atoms with van der Waals surface area (Å²) in [5, 5.41) is 15.2. The molecule has 0 aliphatic carbocycles. The standard InChI is InChI=1S/C54H69F2NO3Si/c1-16-61(17-2,32-59-48-23-20-39(55)24-34(48)3)33-60-50-35(4)25-40(56)30-44(50)43-26-38(54(14,15)31-51(5,6)7)29-47(49(43)58)57-45-27-36(52(8,9)10)18-21-41(45)42-22-19-37(28-46(42)57)53(11,12)13/h18-30,58H,16-17,31-33H2,1-15H3. The van der Waals surface area contributed by atoms with E-state index in [-0.39, 0.29) is 33.2 Å². The van der Waals surface area contributed by atoms with Gasteiger partial charge in [-0.1, -0.05) is 126 Å². The summed E-state index contributed by atoms with van der Waals surface area (Å²) in [6.07, 6.45) is 1.80. The molecule has 0 amide bonds. The lowest BCUT2D eigenvalue weighted by Crippen LogP contribution is -2.47. The Hall–Kier alpha value is -4.62. The van der Waals surface area contributed by atoms with Crippen LogP contribution >= 0.6 is 0 Å². The van der Waals surface area contributed by atoms with Crippen LogP contribution in [0.25, 0.3) is 38.6 Å². The van der Waals surface area contributed by atoms with Gasteiger partial charge in [0.2, 0.25) is 0 Å². The normalized spacial score (nSPS) is 13.1. The third-order valence-electron chi connectivity index (χ3n) is 12.8. The highest BCUT2D eigenvalue weighted by atomic mass is 28.3. The molecule has 5 aromatic carbocycles. The highest BCUT2D eigenvalue weighted by Gasteiger charge is 2.35. The maximum absolute atomic E-state index is 15.9. The molecule has 0 bridgehead atoms. The highest BCUT2D eigenvalue weighted by molar-refractivity contribution is 6.79. The molecule has 0 fully saturated rings. The van der Waals surface area contributed by atoms with Crippen molar-refractivity contribution in [1.82, 2.24) is 4.57 Å². The molecule has 1 aromatic heterocycles. The van der Waals surface area contributed by atoms with Gasteiger partial charge in [0, 0.05) is 21.9 Å². The van der Waals surface area contributed by atoms with Crippen molar-refractivity contribution in [1.29, 1.82) is 0 Å². The zero-order valence-electron chi connectivity index (χ0n) is 39.5. The Kier molecular flexibility index (Phi) is 12.5. The number of hydrogen-bond acceptors (Lipinski definition) is 3. The molecule has 0 aliphatic rings. The van der Waals surface area contributed by atoms with Crippen molar-refractivity contribution >= 4 is 29.9 Å². The van der Waals surface area contributed by atoms with Gasteiger partial charge in [-0.05, 0) is 124 Å². The van der Waals surface area contributed by atoms with E-state index in [9.17, 15) is 9.50 Å². The number of benzene rings is 5. The molecule has 7 heteroatoms. The van der Waals surface area contributed by atoms with Crippen LogP contribution in [0.2, 0.25) is 12.1 Å². The van der Waals surface area contributed by atoms with Gasteiger partial charge >= 0.3 is 0 Å². The van der Waals surface area contributed by atoms with E-state index in [0.29, 0.717) is 46.3 Å². The van der Waals surface area contributed by atoms with E-state index in [1.165, 1.54) is 35.4 Å². The van der Waals surface area contributed by atoms with Crippen molar-refractivity contribution in [2.75, 3.05) is 12.5 Å². The number of halogens is 2. The third-order valence-corrected chi connectivity index (χ3v) is 17.3. The molecule has 6 rings (SSSR count). The zero-order chi connectivity index (χ0) is 45.0. The van der Waals surface area contributed by atoms with Gasteiger partial charge in [0.05, 0.1) is 29.2 Å². The molecule has 0 saturated heterocycles. The second-order valence-corrected chi connectivity index (χ2v) is 26.6. The van der Waals surface area contributed by atoms with Gasteiger partial charge in [0.15, 0.2) is 0 Å². The van der Waals surface area contributed by atoms with E-state index in [4.69, 9.17) is 9.47 Å². The Morgan fingerprint density at radius 3 is 1.64 bits per heavy atom. The Balaban J connectivity index is 1.62. The molecule has 61 heavy (non-hydrogen) atoms. The lowest BCUT2D eigenvalue weighted by atomic mass is 9.71. The molecule has 4 nitrogen and oxygen atoms in total. The minimum absolute atomic E-state index is 0.00424. The minimum Gasteiger partial charge on any atom is -0.505 e. The monoisotopic (exact) mass is 846 g/mol. The molecule has 0 saturated carbocycles. The molecule has 0 radical (unpaired) electrons. The zero-order valence-corrected chi connectivity index (χ0v) is 40.5. The number of aromatic hydroxyl groups is 1. The van der Waals surface area contributed by atoms with Crippen molar-refractivity contribution in [3.05, 3.63) is 118 Å². The van der Waals surface area contributed by atoms with Gasteiger partial charge in [-0.25, -0.2) is 8.78 Å². The van der Waals surface area contributed by atoms with Crippen molar-refractivity contribution in [2.45, 2.75) is 139 Å². The molecule has 1 N–H and O–H groups in total. The number of phenolic OH excluding ortho intramolecular Hbond substituents is 1. The first kappa shape index (κ1) is 45.9. The smallest absolute Gasteiger partial charge is 0.147 e. The summed E-state index contributed by atoms with van der Waals surface area (Å²) in [7, 11) is -2.24. The van der Waals surface area contributed by atoms with Crippen molar-refractivity contribution in [3.63, 3.8) is 0 Å². The maximum atomic E-state index is 15.9. The average molecular weight is 846 g/mol. The van der Waals surface area contributed by atoms with Crippen molar-refractivity contribution in [2.24, 2.45) is 5.41 Å². The summed E-state index contributed by atoms with van der Waals surface area (Å²) in [5.41, 5.74) is 7.99. The molecule has 0 unspecified atom stereocenters. The first-order valence-electron chi connectivity index (χ1n) is 22.1. The van der Waals surface area contributed by atoms with E-state index in [1.54, 1.807) is 6.07 Å². The molecule has 1 heterocycles. The van der Waals surface area contributed by atoms with Crippen molar-refractivity contribution in [3.8, 4) is 34.1 Å². The lowest BCUT2D eigenvalue weighted by molar-refractivity contribution is 0.284. The van der Waals surface area contributed by atoms with Crippen LogP contribution in [0.1, 0.15) is 124 Å². The van der Waals surface area contributed by atoms with Gasteiger partial charge < -0.3 is 19.1 Å². The maximum Gasteiger partial charge on any atom is 0.147 e. The first-order valence-corrected chi connectivity index (χ1v) is 24.9. The first-order chi connectivity index (χ1) is 28.3. The number of fused-ring (bicyclic) bond motifs is 3. The summed E-state index contributed by atoms with van der Waals surface area (Å²) in [6.45, 7) is 32.7. The molecule has 326 valence electrons. The molecule has 6 aromatic rings. The predicted molar refractivity (Wildman–Crippen MR) is 256 cm³/mol. The van der Waals surface area contributed by atoms with E-state index in [2.05, 4.69) is 143 Å². The van der Waals surface area contributed by atoms with Crippen LogP contribution in [0.3, 0.4) is 0 Å². The third kappa shape index (κ3) is 9.57. The highest BCUT2D eigenvalue weighted by Crippen LogP contribution is 2.48. The number of rotatable bonds is 12. The second kappa shape index (κ2) is 16.6. The Morgan fingerprint density at radius 1 is 0.590 bits per heavy atom. The van der Waals surface area contributed by atoms with Crippen LogP contribution in [0.4, 0.5) is 8.78 Å². The number of aryl methyl sites for hydroxylation is 2. The number of hydrogen-bond donors (Lipinski definition) is 1. The van der Waals surface area contributed by atoms with Crippen LogP contribution < -0.4 is 9.47 Å².